The van der Waals surface area contributed by atoms with E-state index >= 15 is 0 Å². The summed E-state index contributed by atoms with van der Waals surface area (Å²) in [6, 6.07) is 6.17. The predicted molar refractivity (Wildman–Crippen MR) is 81.0 cm³/mol. The fraction of sp³-hybridized carbons (Fsp3) is 0.133. The lowest BCUT2D eigenvalue weighted by Gasteiger charge is -2.05. The first kappa shape index (κ1) is 13.8. The van der Waals surface area contributed by atoms with E-state index in [0.717, 1.165) is 0 Å². The van der Waals surface area contributed by atoms with E-state index in [1.54, 1.807) is 29.8 Å². The third-order valence-electron chi connectivity index (χ3n) is 3.32. The van der Waals surface area contributed by atoms with E-state index < -0.39 is 5.97 Å². The Bertz CT molecular complexity index is 962. The second-order valence-corrected chi connectivity index (χ2v) is 5.66. The van der Waals surface area contributed by atoms with Crippen LogP contribution in [-0.4, -0.2) is 22.1 Å². The topological polar surface area (TPSA) is 79.1 Å². The number of hydrogen-bond donors (Lipinski definition) is 0. The Balaban J connectivity index is 1.51. The van der Waals surface area contributed by atoms with Crippen LogP contribution in [0.5, 0.6) is 11.5 Å². The summed E-state index contributed by atoms with van der Waals surface area (Å²) in [5, 5.41) is 1.77. The standard InChI is InChI=1S/C15H10N2O5S/c18-13-6-10(16-15-17(13)3-4-23-15)7-20-14(19)9-1-2-11-12(5-9)22-8-21-11/h1-6H,7-8H2. The molecule has 116 valence electrons. The van der Waals surface area contributed by atoms with Crippen LogP contribution < -0.4 is 15.0 Å². The van der Waals surface area contributed by atoms with Crippen LogP contribution in [0.25, 0.3) is 4.96 Å². The summed E-state index contributed by atoms with van der Waals surface area (Å²) in [7, 11) is 0. The van der Waals surface area contributed by atoms with Gasteiger partial charge in [-0.2, -0.15) is 0 Å². The second kappa shape index (κ2) is 5.40. The first-order chi connectivity index (χ1) is 11.2. The van der Waals surface area contributed by atoms with Gasteiger partial charge in [-0.25, -0.2) is 9.78 Å². The summed E-state index contributed by atoms with van der Waals surface area (Å²) in [6.07, 6.45) is 1.65. The Hall–Kier alpha value is -2.87. The molecule has 0 aliphatic carbocycles. The molecule has 1 aliphatic rings. The van der Waals surface area contributed by atoms with Crippen molar-refractivity contribution in [2.24, 2.45) is 0 Å². The molecule has 8 heteroatoms. The highest BCUT2D eigenvalue weighted by Gasteiger charge is 2.17. The molecule has 0 radical (unpaired) electrons. The molecule has 1 aromatic carbocycles. The van der Waals surface area contributed by atoms with Crippen LogP contribution in [-0.2, 0) is 11.3 Å². The zero-order valence-electron chi connectivity index (χ0n) is 11.7. The van der Waals surface area contributed by atoms with Gasteiger partial charge in [0.1, 0.15) is 6.61 Å². The van der Waals surface area contributed by atoms with Gasteiger partial charge in [0.05, 0.1) is 11.3 Å². The lowest BCUT2D eigenvalue weighted by atomic mass is 10.2. The molecule has 3 aromatic rings. The molecule has 0 spiro atoms. The van der Waals surface area contributed by atoms with Crippen molar-refractivity contribution < 1.29 is 19.0 Å². The van der Waals surface area contributed by atoms with Crippen molar-refractivity contribution in [2.45, 2.75) is 6.61 Å². The van der Waals surface area contributed by atoms with E-state index in [2.05, 4.69) is 4.98 Å². The van der Waals surface area contributed by atoms with Gasteiger partial charge in [-0.05, 0) is 18.2 Å². The fourth-order valence-corrected chi connectivity index (χ4v) is 2.95. The number of nitrogens with zero attached hydrogens (tertiary/aromatic N) is 2. The first-order valence-electron chi connectivity index (χ1n) is 6.73. The Morgan fingerprint density at radius 3 is 3.09 bits per heavy atom. The molecule has 0 saturated heterocycles. The minimum Gasteiger partial charge on any atom is -0.456 e. The van der Waals surface area contributed by atoms with E-state index in [1.165, 1.54) is 21.8 Å². The maximum absolute atomic E-state index is 12.1. The van der Waals surface area contributed by atoms with Crippen molar-refractivity contribution in [3.05, 3.63) is 57.5 Å². The maximum atomic E-state index is 12.1. The summed E-state index contributed by atoms with van der Waals surface area (Å²) < 4.78 is 17.1. The third kappa shape index (κ3) is 2.53. The Kier molecular flexibility index (Phi) is 3.23. The molecular weight excluding hydrogens is 320 g/mol. The predicted octanol–water partition coefficient (Wildman–Crippen LogP) is 1.84. The van der Waals surface area contributed by atoms with Gasteiger partial charge in [-0.3, -0.25) is 9.20 Å². The summed E-state index contributed by atoms with van der Waals surface area (Å²) >= 11 is 1.34. The van der Waals surface area contributed by atoms with Gasteiger partial charge >= 0.3 is 5.97 Å². The van der Waals surface area contributed by atoms with Crippen LogP contribution in [0.1, 0.15) is 16.1 Å². The lowest BCUT2D eigenvalue weighted by Crippen LogP contribution is -2.14. The van der Waals surface area contributed by atoms with Crippen molar-refractivity contribution in [1.29, 1.82) is 0 Å². The number of carbonyl (C=O) groups is 1. The van der Waals surface area contributed by atoms with Gasteiger partial charge < -0.3 is 14.2 Å². The normalized spacial score (nSPS) is 12.5. The van der Waals surface area contributed by atoms with Gasteiger partial charge in [0.25, 0.3) is 5.56 Å². The van der Waals surface area contributed by atoms with Crippen LogP contribution in [0, 0.1) is 0 Å². The molecule has 7 nitrogen and oxygen atoms in total. The lowest BCUT2D eigenvalue weighted by molar-refractivity contribution is 0.0467. The molecule has 0 N–H and O–H groups in total. The molecule has 1 aliphatic heterocycles. The third-order valence-corrected chi connectivity index (χ3v) is 4.07. The monoisotopic (exact) mass is 330 g/mol. The minimum absolute atomic E-state index is 0.0725. The minimum atomic E-state index is -0.517. The summed E-state index contributed by atoms with van der Waals surface area (Å²) in [4.78, 5) is 28.8. The maximum Gasteiger partial charge on any atom is 0.338 e. The van der Waals surface area contributed by atoms with E-state index in [4.69, 9.17) is 14.2 Å². The molecular formula is C15H10N2O5S. The number of esters is 1. The average molecular weight is 330 g/mol. The highest BCUT2D eigenvalue weighted by Crippen LogP contribution is 2.32. The van der Waals surface area contributed by atoms with E-state index in [-0.39, 0.29) is 19.0 Å². The van der Waals surface area contributed by atoms with Crippen LogP contribution in [0.4, 0.5) is 0 Å². The van der Waals surface area contributed by atoms with Gasteiger partial charge in [-0.15, -0.1) is 11.3 Å². The van der Waals surface area contributed by atoms with E-state index in [0.29, 0.717) is 27.7 Å². The van der Waals surface area contributed by atoms with Gasteiger partial charge in [0, 0.05) is 17.6 Å². The number of thiazole rings is 1. The largest absolute Gasteiger partial charge is 0.456 e. The number of aromatic nitrogens is 2. The number of ether oxygens (including phenoxy) is 3. The van der Waals surface area contributed by atoms with Crippen LogP contribution in [0.15, 0.2) is 40.6 Å². The molecule has 0 saturated carbocycles. The molecule has 23 heavy (non-hydrogen) atoms. The Morgan fingerprint density at radius 1 is 1.30 bits per heavy atom. The number of benzene rings is 1. The smallest absolute Gasteiger partial charge is 0.338 e. The number of rotatable bonds is 3. The van der Waals surface area contributed by atoms with Crippen LogP contribution in [0.2, 0.25) is 0 Å². The SMILES string of the molecule is O=C(OCc1cc(=O)n2ccsc2n1)c1ccc2c(c1)OCO2. The van der Waals surface area contributed by atoms with Crippen molar-refractivity contribution in [3.63, 3.8) is 0 Å². The number of carbonyl (C=O) groups excluding carboxylic acids is 1. The molecule has 2 aromatic heterocycles. The van der Waals surface area contributed by atoms with E-state index in [1.807, 2.05) is 0 Å². The molecule has 0 atom stereocenters. The molecule has 0 fully saturated rings. The number of fused-ring (bicyclic) bond motifs is 2. The zero-order valence-corrected chi connectivity index (χ0v) is 12.5. The quantitative estimate of drug-likeness (QED) is 0.682. The van der Waals surface area contributed by atoms with Crippen molar-refractivity contribution in [2.75, 3.05) is 6.79 Å². The van der Waals surface area contributed by atoms with Gasteiger partial charge in [0.2, 0.25) is 6.79 Å². The second-order valence-electron chi connectivity index (χ2n) is 4.79. The zero-order chi connectivity index (χ0) is 15.8. The van der Waals surface area contributed by atoms with Crippen molar-refractivity contribution in [3.8, 4) is 11.5 Å². The molecule has 0 unspecified atom stereocenters. The average Bonchev–Trinajstić information content (AvgIpc) is 3.20. The van der Waals surface area contributed by atoms with E-state index in [9.17, 15) is 9.59 Å². The molecule has 3 heterocycles. The van der Waals surface area contributed by atoms with Crippen LogP contribution in [0.3, 0.4) is 0 Å². The fourth-order valence-electron chi connectivity index (χ4n) is 2.21. The molecule has 4 rings (SSSR count). The summed E-state index contributed by atoms with van der Waals surface area (Å²) in [6.45, 7) is 0.0689. The molecule has 0 amide bonds. The Labute approximate surface area is 133 Å². The van der Waals surface area contributed by atoms with Gasteiger partial charge in [0.15, 0.2) is 16.5 Å². The first-order valence-corrected chi connectivity index (χ1v) is 7.61. The van der Waals surface area contributed by atoms with Crippen molar-refractivity contribution >= 4 is 22.3 Å². The van der Waals surface area contributed by atoms with Crippen molar-refractivity contribution in [1.82, 2.24) is 9.38 Å². The van der Waals surface area contributed by atoms with Crippen LogP contribution >= 0.6 is 11.3 Å². The summed E-state index contributed by atoms with van der Waals surface area (Å²) in [5.41, 5.74) is 0.556. The molecule has 0 bridgehead atoms. The highest BCUT2D eigenvalue weighted by atomic mass is 32.1. The van der Waals surface area contributed by atoms with Gasteiger partial charge in [-0.1, -0.05) is 0 Å². The highest BCUT2D eigenvalue weighted by molar-refractivity contribution is 7.15. The number of hydrogen-bond acceptors (Lipinski definition) is 7. The summed E-state index contributed by atoms with van der Waals surface area (Å²) in [5.74, 6) is 0.590. The Morgan fingerprint density at radius 2 is 2.17 bits per heavy atom.